The molecular formula is C34H60N4OS2. The normalized spacial score (nSPS) is 13.1. The zero-order valence-corrected chi connectivity index (χ0v) is 29.1. The van der Waals surface area contributed by atoms with E-state index >= 15 is 0 Å². The Bertz CT molecular complexity index is 939. The summed E-state index contributed by atoms with van der Waals surface area (Å²) in [5.74, 6) is 2.62. The molecule has 0 radical (unpaired) electrons. The Hall–Kier alpha value is -1.60. The maximum atomic E-state index is 11.1. The number of phenols is 1. The molecule has 7 heteroatoms. The monoisotopic (exact) mass is 604 g/mol. The van der Waals surface area contributed by atoms with Crippen molar-refractivity contribution >= 4 is 40.3 Å². The number of anilines is 1. The third-order valence-corrected chi connectivity index (χ3v) is 8.78. The fourth-order valence-electron chi connectivity index (χ4n) is 4.48. The van der Waals surface area contributed by atoms with Gasteiger partial charge in [-0.2, -0.15) is 4.99 Å². The van der Waals surface area contributed by atoms with Gasteiger partial charge in [-0.1, -0.05) is 138 Å². The summed E-state index contributed by atoms with van der Waals surface area (Å²) in [7, 11) is 0. The van der Waals surface area contributed by atoms with E-state index in [9.17, 15) is 5.11 Å². The second-order valence-corrected chi connectivity index (χ2v) is 15.3. The molecule has 0 aromatic heterocycles. The van der Waals surface area contributed by atoms with Gasteiger partial charge in [0.1, 0.15) is 5.75 Å². The predicted octanol–water partition coefficient (Wildman–Crippen LogP) is 10.7. The molecule has 0 spiro atoms. The van der Waals surface area contributed by atoms with Gasteiger partial charge in [0.25, 0.3) is 0 Å². The first-order valence-corrected chi connectivity index (χ1v) is 17.8. The lowest BCUT2D eigenvalue weighted by Crippen LogP contribution is -2.25. The lowest BCUT2D eigenvalue weighted by Gasteiger charge is -2.28. The number of nitrogens with two attached hydrogens (primary N) is 1. The summed E-state index contributed by atoms with van der Waals surface area (Å²) in [6, 6.07) is 3.95. The van der Waals surface area contributed by atoms with Crippen LogP contribution in [-0.4, -0.2) is 27.7 Å². The molecule has 0 saturated carbocycles. The SMILES string of the molecule is C=C(/N=C(\N=C(/N)Nc1cc(C(C)(C)C)c(O)c(C(C)(C)C)c1)SCCCCCCCC)SCCCCCCCC. The molecular weight excluding hydrogens is 545 g/mol. The number of amidine groups is 1. The average Bonchev–Trinajstić information content (AvgIpc) is 2.87. The number of benzene rings is 1. The van der Waals surface area contributed by atoms with E-state index in [1.54, 1.807) is 23.5 Å². The van der Waals surface area contributed by atoms with Crippen molar-refractivity contribution in [2.24, 2.45) is 15.7 Å². The Labute approximate surface area is 261 Å². The molecule has 5 nitrogen and oxygen atoms in total. The Balaban J connectivity index is 3.03. The summed E-state index contributed by atoms with van der Waals surface area (Å²) in [4.78, 5) is 9.48. The van der Waals surface area contributed by atoms with E-state index < -0.39 is 0 Å². The van der Waals surface area contributed by atoms with Crippen molar-refractivity contribution in [3.05, 3.63) is 34.9 Å². The third kappa shape index (κ3) is 16.0. The molecule has 0 heterocycles. The summed E-state index contributed by atoms with van der Waals surface area (Å²) in [6.45, 7) is 21.3. The zero-order chi connectivity index (χ0) is 30.9. The largest absolute Gasteiger partial charge is 0.507 e. The highest BCUT2D eigenvalue weighted by Crippen LogP contribution is 2.41. The van der Waals surface area contributed by atoms with Crippen molar-refractivity contribution in [3.8, 4) is 5.75 Å². The summed E-state index contributed by atoms with van der Waals surface area (Å²) in [5, 5.41) is 15.8. The van der Waals surface area contributed by atoms with Crippen LogP contribution >= 0.6 is 23.5 Å². The van der Waals surface area contributed by atoms with Crippen LogP contribution in [0.15, 0.2) is 33.7 Å². The van der Waals surface area contributed by atoms with Crippen LogP contribution in [0, 0.1) is 0 Å². The van der Waals surface area contributed by atoms with Gasteiger partial charge in [-0.15, -0.1) is 11.8 Å². The van der Waals surface area contributed by atoms with Crippen molar-refractivity contribution in [1.29, 1.82) is 0 Å². The number of nitrogens with zero attached hydrogens (tertiary/aromatic N) is 2. The first kappa shape index (κ1) is 37.4. The van der Waals surface area contributed by atoms with Gasteiger partial charge in [0.2, 0.25) is 0 Å². The molecule has 234 valence electrons. The Morgan fingerprint density at radius 2 is 1.20 bits per heavy atom. The van der Waals surface area contributed by atoms with Crippen molar-refractivity contribution < 1.29 is 5.11 Å². The van der Waals surface area contributed by atoms with Gasteiger partial charge in [-0.3, -0.25) is 0 Å². The number of aliphatic imine (C=N–C) groups is 2. The van der Waals surface area contributed by atoms with E-state index in [1.165, 1.54) is 70.6 Å². The zero-order valence-electron chi connectivity index (χ0n) is 27.5. The maximum absolute atomic E-state index is 11.1. The topological polar surface area (TPSA) is 83.0 Å². The lowest BCUT2D eigenvalue weighted by molar-refractivity contribution is 0.423. The fraction of sp³-hybridized carbons (Fsp3) is 0.706. The van der Waals surface area contributed by atoms with Gasteiger partial charge in [-0.05, 0) is 41.6 Å². The number of rotatable bonds is 17. The molecule has 0 atom stereocenters. The number of guanidine groups is 1. The number of phenolic OH excluding ortho intramolecular Hbond substituents is 1. The standard InChI is InChI=1S/C34H60N4OS2/c1-10-12-14-16-18-20-22-40-26(3)36-32(41-23-21-19-17-15-13-11-2)38-31(35)37-27-24-28(33(4,5)6)30(39)29(25-27)34(7,8)9/h24-25,39H,3,10-23H2,1-2,4-9H3,(H3,35,36,37,38). The van der Waals surface area contributed by atoms with Crippen LogP contribution in [0.1, 0.15) is 144 Å². The van der Waals surface area contributed by atoms with Gasteiger partial charge in [0.05, 0.1) is 5.03 Å². The minimum absolute atomic E-state index is 0.224. The van der Waals surface area contributed by atoms with Crippen LogP contribution in [0.25, 0.3) is 0 Å². The van der Waals surface area contributed by atoms with E-state index in [2.05, 4.69) is 67.3 Å². The van der Waals surface area contributed by atoms with E-state index in [0.717, 1.165) is 39.8 Å². The third-order valence-electron chi connectivity index (χ3n) is 6.93. The number of hydrogen-bond acceptors (Lipinski definition) is 4. The second-order valence-electron chi connectivity index (χ2n) is 13.1. The molecule has 0 fully saturated rings. The quantitative estimate of drug-likeness (QED) is 0.0713. The van der Waals surface area contributed by atoms with Gasteiger partial charge in [0, 0.05) is 22.6 Å². The summed E-state index contributed by atoms with van der Waals surface area (Å²) in [5.41, 5.74) is 8.58. The predicted molar refractivity (Wildman–Crippen MR) is 189 cm³/mol. The maximum Gasteiger partial charge on any atom is 0.200 e. The molecule has 0 bridgehead atoms. The molecule has 0 aliphatic carbocycles. The molecule has 4 N–H and O–H groups in total. The average molecular weight is 605 g/mol. The van der Waals surface area contributed by atoms with Gasteiger partial charge >= 0.3 is 0 Å². The lowest BCUT2D eigenvalue weighted by atomic mass is 9.79. The van der Waals surface area contributed by atoms with Crippen LogP contribution in [-0.2, 0) is 10.8 Å². The summed E-state index contributed by atoms with van der Waals surface area (Å²) in [6.07, 6.45) is 15.2. The minimum Gasteiger partial charge on any atom is -0.507 e. The molecule has 41 heavy (non-hydrogen) atoms. The second kappa shape index (κ2) is 19.6. The molecule has 0 aliphatic heterocycles. The van der Waals surface area contributed by atoms with E-state index in [4.69, 9.17) is 15.7 Å². The van der Waals surface area contributed by atoms with Crippen molar-refractivity contribution in [3.63, 3.8) is 0 Å². The molecule has 1 aromatic carbocycles. The number of nitrogens with one attached hydrogen (secondary N) is 1. The van der Waals surface area contributed by atoms with Gasteiger partial charge in [-0.25, -0.2) is 4.99 Å². The van der Waals surface area contributed by atoms with E-state index in [-0.39, 0.29) is 10.8 Å². The first-order chi connectivity index (χ1) is 19.3. The fourth-order valence-corrected chi connectivity index (χ4v) is 6.14. The molecule has 0 amide bonds. The Morgan fingerprint density at radius 1 is 0.756 bits per heavy atom. The van der Waals surface area contributed by atoms with Crippen molar-refractivity contribution in [1.82, 2.24) is 0 Å². The smallest absolute Gasteiger partial charge is 0.200 e. The van der Waals surface area contributed by atoms with Crippen molar-refractivity contribution in [2.45, 2.75) is 143 Å². The van der Waals surface area contributed by atoms with Crippen LogP contribution in [0.5, 0.6) is 5.75 Å². The van der Waals surface area contributed by atoms with Crippen LogP contribution < -0.4 is 11.1 Å². The molecule has 1 rings (SSSR count). The number of aromatic hydroxyl groups is 1. The summed E-state index contributed by atoms with van der Waals surface area (Å²) >= 11 is 3.36. The van der Waals surface area contributed by atoms with E-state index in [1.807, 2.05) is 12.1 Å². The van der Waals surface area contributed by atoms with Gasteiger partial charge in [0.15, 0.2) is 11.1 Å². The molecule has 1 aromatic rings. The Morgan fingerprint density at radius 3 is 1.66 bits per heavy atom. The highest BCUT2D eigenvalue weighted by atomic mass is 32.2. The molecule has 0 saturated heterocycles. The number of hydrogen-bond donors (Lipinski definition) is 3. The molecule has 0 unspecified atom stereocenters. The first-order valence-electron chi connectivity index (χ1n) is 15.8. The van der Waals surface area contributed by atoms with Crippen LogP contribution in [0.2, 0.25) is 0 Å². The number of unbranched alkanes of at least 4 members (excludes halogenated alkanes) is 10. The van der Waals surface area contributed by atoms with Gasteiger partial charge < -0.3 is 16.2 Å². The highest BCUT2D eigenvalue weighted by Gasteiger charge is 2.26. The molecule has 0 aliphatic rings. The Kier molecular flexibility index (Phi) is 17.9. The van der Waals surface area contributed by atoms with Crippen molar-refractivity contribution in [2.75, 3.05) is 16.8 Å². The summed E-state index contributed by atoms with van der Waals surface area (Å²) < 4.78 is 0. The van der Waals surface area contributed by atoms with E-state index in [0.29, 0.717) is 16.9 Å². The minimum atomic E-state index is -0.224. The van der Waals surface area contributed by atoms with Crippen LogP contribution in [0.3, 0.4) is 0 Å². The number of thioether (sulfide) groups is 2. The highest BCUT2D eigenvalue weighted by molar-refractivity contribution is 8.14. The van der Waals surface area contributed by atoms with Crippen LogP contribution in [0.4, 0.5) is 5.69 Å².